The molecule has 1 radical (unpaired) electrons. The molecule has 0 spiro atoms. The smallest absolute Gasteiger partial charge is 0 e. The predicted octanol–water partition coefficient (Wildman–Crippen LogP) is 15.5. The molecule has 0 aliphatic carbocycles. The quantitative estimate of drug-likeness (QED) is 0.107. The summed E-state index contributed by atoms with van der Waals surface area (Å²) in [5.41, 5.74) is 13.0. The Balaban J connectivity index is 0.000000236. The van der Waals surface area contributed by atoms with Crippen molar-refractivity contribution in [3.8, 4) is 39.5 Å². The van der Waals surface area contributed by atoms with E-state index in [-0.39, 0.29) is 31.6 Å². The molecule has 0 unspecified atom stereocenters. The number of pyridine rings is 1. The van der Waals surface area contributed by atoms with Crippen molar-refractivity contribution in [2.75, 3.05) is 0 Å². The van der Waals surface area contributed by atoms with Gasteiger partial charge in [-0.15, -0.1) is 17.7 Å². The summed E-state index contributed by atoms with van der Waals surface area (Å²) >= 11 is -2.32. The van der Waals surface area contributed by atoms with Crippen molar-refractivity contribution >= 4 is 50.6 Å². The average molecular weight is 1090 g/mol. The number of nitrogens with zero attached hydrogens (tertiary/aromatic N) is 3. The summed E-state index contributed by atoms with van der Waals surface area (Å²) in [7, 11) is 0. The average Bonchev–Trinajstić information content (AvgIpc) is 3.87. The number of hydrogen-bond donors (Lipinski definition) is 0. The van der Waals surface area contributed by atoms with E-state index in [9.17, 15) is 2.74 Å². The third kappa shape index (κ3) is 9.50. The van der Waals surface area contributed by atoms with Gasteiger partial charge in [0.05, 0.1) is 22.4 Å². The molecule has 329 valence electrons. The van der Waals surface area contributed by atoms with Crippen LogP contribution in [0.15, 0.2) is 126 Å². The van der Waals surface area contributed by atoms with E-state index < -0.39 is 38.3 Å². The van der Waals surface area contributed by atoms with Gasteiger partial charge in [0, 0.05) is 33.9 Å². The monoisotopic (exact) mass is 1090 g/mol. The van der Waals surface area contributed by atoms with Crippen LogP contribution in [0.3, 0.4) is 0 Å². The van der Waals surface area contributed by atoms with E-state index >= 15 is 0 Å². The molecule has 0 saturated carbocycles. The largest absolute Gasteiger partial charge is 0 e. The first-order valence-electron chi connectivity index (χ1n) is 25.3. The normalized spacial score (nSPS) is 14.2. The van der Waals surface area contributed by atoms with Crippen LogP contribution in [-0.2, 0) is 26.5 Å². The van der Waals surface area contributed by atoms with Crippen molar-refractivity contribution in [1.82, 2.24) is 14.5 Å². The van der Waals surface area contributed by atoms with Crippen LogP contribution in [0.1, 0.15) is 96.3 Å². The fourth-order valence-corrected chi connectivity index (χ4v) is 11.3. The van der Waals surface area contributed by atoms with Gasteiger partial charge in [0.1, 0.15) is 5.58 Å². The molecule has 6 aromatic carbocycles. The first kappa shape index (κ1) is 38.2. The van der Waals surface area contributed by atoms with Gasteiger partial charge in [-0.2, -0.15) is 0 Å². The van der Waals surface area contributed by atoms with E-state index in [2.05, 4.69) is 95.3 Å². The molecule has 0 fully saturated rings. The van der Waals surface area contributed by atoms with Gasteiger partial charge in [-0.25, -0.2) is 0 Å². The molecule has 9 rings (SSSR count). The number of benzene rings is 6. The number of furan rings is 1. The van der Waals surface area contributed by atoms with E-state index in [0.29, 0.717) is 22.6 Å². The Morgan fingerprint density at radius 3 is 2.11 bits per heavy atom. The molecule has 0 atom stereocenters. The van der Waals surface area contributed by atoms with Gasteiger partial charge in [0.25, 0.3) is 0 Å². The molecule has 0 saturated heterocycles. The number of para-hydroxylation sites is 2. The summed E-state index contributed by atoms with van der Waals surface area (Å²) in [6, 6.07) is 43.9. The van der Waals surface area contributed by atoms with Crippen molar-refractivity contribution in [1.29, 1.82) is 0 Å². The second-order valence-corrected chi connectivity index (χ2v) is 28.9. The minimum Gasteiger partial charge on any atom is 0 e. The minimum absolute atomic E-state index is 0. The zero-order valence-electron chi connectivity index (χ0n) is 45.7. The van der Waals surface area contributed by atoms with Gasteiger partial charge in [0.15, 0.2) is 0 Å². The molecule has 3 aromatic heterocycles. The molecule has 64 heavy (non-hydrogen) atoms. The van der Waals surface area contributed by atoms with Crippen LogP contribution in [0.4, 0.5) is 0 Å². The fraction of sp³-hybridized carbons (Fsp3) is 0.276. The Bertz CT molecular complexity index is 3360. The van der Waals surface area contributed by atoms with Crippen LogP contribution in [0.25, 0.3) is 72.4 Å². The number of aryl methyl sites for hydroxylation is 3. The number of aromatic nitrogens is 3. The van der Waals surface area contributed by atoms with Crippen LogP contribution in [0.2, 0.25) is 17.3 Å². The van der Waals surface area contributed by atoms with Gasteiger partial charge in [-0.05, 0) is 77.4 Å². The SMILES string of the molecule is [2H]C(C)(C)c1cc(-c2ccccc2)cc(C([2H])(C)C)c1-n1c(-c2[c-]cc(C)c3c2oc2ccc(C)cc23)nc2ccccc21.[2H]C([2H])([2H])c1c[c-]c(-c2cc(C([2H])([2H])C(C)C)[c]([Ge]([CH3])([CH3])[CH3])cn2)cc1.[Ir]. The summed E-state index contributed by atoms with van der Waals surface area (Å²) in [5, 5.41) is 2.13. The number of imidazole rings is 1. The third-order valence-electron chi connectivity index (χ3n) is 11.4. The molecule has 0 aliphatic heterocycles. The molecule has 4 nitrogen and oxygen atoms in total. The van der Waals surface area contributed by atoms with E-state index in [0.717, 1.165) is 76.4 Å². The zero-order chi connectivity index (χ0) is 50.9. The van der Waals surface area contributed by atoms with Crippen LogP contribution in [-0.4, -0.2) is 27.8 Å². The topological polar surface area (TPSA) is 43.9 Å². The molecule has 3 heterocycles. The van der Waals surface area contributed by atoms with E-state index in [1.807, 2.05) is 102 Å². The molecular formula is C58H61GeIrN3O-2. The Kier molecular flexibility index (Phi) is 11.5. The van der Waals surface area contributed by atoms with Crippen molar-refractivity contribution in [2.45, 2.75) is 97.7 Å². The number of fused-ring (bicyclic) bond motifs is 4. The van der Waals surface area contributed by atoms with Crippen LogP contribution < -0.4 is 4.40 Å². The fourth-order valence-electron chi connectivity index (χ4n) is 8.33. The maximum atomic E-state index is 9.39. The third-order valence-corrected chi connectivity index (χ3v) is 15.7. The maximum absolute atomic E-state index is 9.39. The van der Waals surface area contributed by atoms with Crippen LogP contribution in [0.5, 0.6) is 0 Å². The standard InChI is InChI=1S/C39H35N2O.C19H26GeN.Ir/c1-23(2)30-21-28(27-12-8-7-9-13-27)22-31(24(3)4)37(30)41-34-15-11-10-14-33(34)40-39(41)29-18-17-26(6)36-32-20-25(5)16-19-35(32)42-38(29)36;1-14(2)11-17-12-19(16-9-7-15(3)8-10-16)21-13-18(17)20(4,5)6;/h7-17,19-24H,1-6H3;7-9,12-14H,11H2,1-6H3;/q2*-1;/i23D,24D;3D3,11D2;. The molecular weight excluding hydrogens is 1020 g/mol. The van der Waals surface area contributed by atoms with Crippen molar-refractivity contribution in [2.24, 2.45) is 5.92 Å². The molecule has 6 heteroatoms. The maximum Gasteiger partial charge on any atom is 0 e. The second kappa shape index (κ2) is 19.2. The van der Waals surface area contributed by atoms with Gasteiger partial charge < -0.3 is 8.98 Å². The number of rotatable bonds is 9. The van der Waals surface area contributed by atoms with Crippen LogP contribution >= 0.6 is 0 Å². The van der Waals surface area contributed by atoms with Gasteiger partial charge in [0.2, 0.25) is 0 Å². The molecule has 0 bridgehead atoms. The number of hydrogen-bond acceptors (Lipinski definition) is 3. The van der Waals surface area contributed by atoms with Crippen LogP contribution in [0, 0.1) is 38.8 Å². The Morgan fingerprint density at radius 2 is 1.47 bits per heavy atom. The molecule has 0 N–H and O–H groups in total. The Hall–Kier alpha value is -5.07. The van der Waals surface area contributed by atoms with Crippen molar-refractivity contribution in [3.63, 3.8) is 0 Å². The van der Waals surface area contributed by atoms with Crippen molar-refractivity contribution in [3.05, 3.63) is 167 Å². The zero-order valence-corrected chi connectivity index (χ0v) is 43.2. The summed E-state index contributed by atoms with van der Waals surface area (Å²) in [4.78, 5) is 9.75. The molecule has 0 aliphatic rings. The summed E-state index contributed by atoms with van der Waals surface area (Å²) in [5.74, 6) is 5.24. The van der Waals surface area contributed by atoms with Gasteiger partial charge >= 0.3 is 139 Å². The summed E-state index contributed by atoms with van der Waals surface area (Å²) in [6.45, 7) is 13.5. The Labute approximate surface area is 407 Å². The van der Waals surface area contributed by atoms with E-state index in [4.69, 9.17) is 16.3 Å². The first-order valence-corrected chi connectivity index (χ1v) is 29.1. The molecule has 0 amide bonds. The Morgan fingerprint density at radius 1 is 0.781 bits per heavy atom. The predicted molar refractivity (Wildman–Crippen MR) is 270 cm³/mol. The minimum atomic E-state index is -2.32. The van der Waals surface area contributed by atoms with E-state index in [1.165, 1.54) is 11.6 Å². The molecule has 9 aromatic rings. The summed E-state index contributed by atoms with van der Waals surface area (Å²) < 4.78 is 68.1. The summed E-state index contributed by atoms with van der Waals surface area (Å²) in [6.07, 6.45) is 0.362. The second-order valence-electron chi connectivity index (χ2n) is 18.4. The van der Waals surface area contributed by atoms with Gasteiger partial charge in [-0.3, -0.25) is 4.98 Å². The van der Waals surface area contributed by atoms with Crippen molar-refractivity contribution < 1.29 is 34.1 Å². The van der Waals surface area contributed by atoms with Gasteiger partial charge in [-0.1, -0.05) is 99.7 Å². The first-order chi connectivity index (χ1) is 32.7. The van der Waals surface area contributed by atoms with E-state index in [1.54, 1.807) is 12.1 Å².